The number of nitrogens with two attached hydrogens (primary N) is 1. The maximum absolute atomic E-state index is 5.53. The summed E-state index contributed by atoms with van der Waals surface area (Å²) in [7, 11) is 0. The summed E-state index contributed by atoms with van der Waals surface area (Å²) in [6.45, 7) is 6.46. The second-order valence-electron chi connectivity index (χ2n) is 4.65. The molecule has 1 aliphatic carbocycles. The monoisotopic (exact) mass is 192 g/mol. The van der Waals surface area contributed by atoms with E-state index in [4.69, 9.17) is 5.73 Å². The van der Waals surface area contributed by atoms with E-state index in [0.717, 1.165) is 11.4 Å². The highest BCUT2D eigenvalue weighted by Gasteiger charge is 2.45. The Hall–Kier alpha value is -1.32. The molecular weight excluding hydrogens is 176 g/mol. The van der Waals surface area contributed by atoms with Crippen LogP contribution in [-0.2, 0) is 0 Å². The summed E-state index contributed by atoms with van der Waals surface area (Å²) in [5.41, 5.74) is 6.97. The van der Waals surface area contributed by atoms with Gasteiger partial charge in [-0.3, -0.25) is 0 Å². The first-order valence-electron chi connectivity index (χ1n) is 4.85. The van der Waals surface area contributed by atoms with Crippen LogP contribution in [0.1, 0.15) is 25.8 Å². The fraction of sp³-hybridized carbons (Fsp3) is 0.600. The molecule has 0 saturated heterocycles. The zero-order valence-electron chi connectivity index (χ0n) is 8.83. The molecule has 0 aromatic carbocycles. The predicted octanol–water partition coefficient (Wildman–Crippen LogP) is 1.58. The molecule has 1 atom stereocenters. The third kappa shape index (κ3) is 1.64. The lowest BCUT2D eigenvalue weighted by Crippen LogP contribution is -2.12. The van der Waals surface area contributed by atoms with Crippen LogP contribution < -0.4 is 11.1 Å². The smallest absolute Gasteiger partial charge is 0.221 e. The molecule has 14 heavy (non-hydrogen) atoms. The summed E-state index contributed by atoms with van der Waals surface area (Å²) in [5.74, 6) is 1.20. The molecule has 3 N–H and O–H groups in total. The summed E-state index contributed by atoms with van der Waals surface area (Å²) in [4.78, 5) is 8.10. The van der Waals surface area contributed by atoms with E-state index in [0.29, 0.717) is 17.4 Å². The lowest BCUT2D eigenvalue weighted by molar-refractivity contribution is 0.629. The lowest BCUT2D eigenvalue weighted by atomic mass is 10.2. The first-order valence-corrected chi connectivity index (χ1v) is 4.85. The van der Waals surface area contributed by atoms with E-state index in [1.54, 1.807) is 6.20 Å². The number of nitrogen functional groups attached to an aromatic ring is 1. The molecule has 76 valence electrons. The van der Waals surface area contributed by atoms with Gasteiger partial charge in [-0.15, -0.1) is 0 Å². The van der Waals surface area contributed by atoms with E-state index in [1.807, 2.05) is 6.92 Å². The Labute approximate surface area is 83.9 Å². The quantitative estimate of drug-likeness (QED) is 0.746. The molecule has 2 rings (SSSR count). The van der Waals surface area contributed by atoms with Crippen molar-refractivity contribution in [1.29, 1.82) is 0 Å². The van der Waals surface area contributed by atoms with Gasteiger partial charge in [0, 0.05) is 17.8 Å². The van der Waals surface area contributed by atoms with Gasteiger partial charge in [-0.2, -0.15) is 4.98 Å². The minimum absolute atomic E-state index is 0.330. The van der Waals surface area contributed by atoms with E-state index in [-0.39, 0.29) is 0 Å². The Balaban J connectivity index is 2.13. The molecule has 1 unspecified atom stereocenters. The number of nitrogens with zero attached hydrogens (tertiary/aromatic N) is 2. The second kappa shape index (κ2) is 2.83. The van der Waals surface area contributed by atoms with Crippen molar-refractivity contribution in [2.45, 2.75) is 33.2 Å². The zero-order valence-corrected chi connectivity index (χ0v) is 8.83. The normalized spacial score (nSPS) is 23.2. The van der Waals surface area contributed by atoms with Gasteiger partial charge < -0.3 is 11.1 Å². The van der Waals surface area contributed by atoms with Crippen LogP contribution in [0.2, 0.25) is 0 Å². The molecule has 1 aromatic heterocycles. The molecule has 0 aliphatic heterocycles. The van der Waals surface area contributed by atoms with Crippen molar-refractivity contribution in [3.63, 3.8) is 0 Å². The molecule has 1 aliphatic rings. The number of anilines is 2. The fourth-order valence-electron chi connectivity index (χ4n) is 1.48. The third-order valence-electron chi connectivity index (χ3n) is 2.81. The zero-order chi connectivity index (χ0) is 10.3. The molecule has 0 spiro atoms. The Morgan fingerprint density at radius 3 is 2.79 bits per heavy atom. The Kier molecular flexibility index (Phi) is 1.87. The van der Waals surface area contributed by atoms with Crippen LogP contribution in [0.25, 0.3) is 0 Å². The molecule has 4 heteroatoms. The first-order chi connectivity index (χ1) is 6.49. The van der Waals surface area contributed by atoms with Crippen LogP contribution in [-0.4, -0.2) is 16.0 Å². The highest BCUT2D eigenvalue weighted by molar-refractivity contribution is 5.47. The van der Waals surface area contributed by atoms with Crippen LogP contribution in [0.3, 0.4) is 0 Å². The van der Waals surface area contributed by atoms with Crippen LogP contribution in [0, 0.1) is 12.3 Å². The standard InChI is InChI=1S/C10H16N4/c1-6-5-12-9(11)14-8(6)13-7-4-10(7,2)3/h5,7H,4H2,1-3H3,(H3,11,12,13,14). The summed E-state index contributed by atoms with van der Waals surface area (Å²) >= 11 is 0. The van der Waals surface area contributed by atoms with Gasteiger partial charge in [0.2, 0.25) is 5.95 Å². The fourth-order valence-corrected chi connectivity index (χ4v) is 1.48. The van der Waals surface area contributed by atoms with Gasteiger partial charge >= 0.3 is 0 Å². The topological polar surface area (TPSA) is 63.8 Å². The van der Waals surface area contributed by atoms with Crippen molar-refractivity contribution in [3.8, 4) is 0 Å². The molecule has 0 amide bonds. The van der Waals surface area contributed by atoms with Gasteiger partial charge in [0.1, 0.15) is 5.82 Å². The number of nitrogens with one attached hydrogen (secondary N) is 1. The molecule has 1 saturated carbocycles. The number of aryl methyl sites for hydroxylation is 1. The average molecular weight is 192 g/mol. The predicted molar refractivity (Wildman–Crippen MR) is 57.0 cm³/mol. The average Bonchev–Trinajstić information content (AvgIpc) is 2.67. The SMILES string of the molecule is Cc1cnc(N)nc1NC1CC1(C)C. The van der Waals surface area contributed by atoms with Crippen molar-refractivity contribution in [2.75, 3.05) is 11.1 Å². The molecule has 1 aromatic rings. The van der Waals surface area contributed by atoms with Crippen LogP contribution >= 0.6 is 0 Å². The van der Waals surface area contributed by atoms with E-state index in [9.17, 15) is 0 Å². The second-order valence-corrected chi connectivity index (χ2v) is 4.65. The molecular formula is C10H16N4. The van der Waals surface area contributed by atoms with Gasteiger partial charge in [0.15, 0.2) is 0 Å². The van der Waals surface area contributed by atoms with Crippen molar-refractivity contribution in [2.24, 2.45) is 5.41 Å². The van der Waals surface area contributed by atoms with Crippen molar-refractivity contribution in [3.05, 3.63) is 11.8 Å². The van der Waals surface area contributed by atoms with Gasteiger partial charge in [0.05, 0.1) is 0 Å². The summed E-state index contributed by atoms with van der Waals surface area (Å²) in [6, 6.07) is 0.524. The molecule has 1 heterocycles. The van der Waals surface area contributed by atoms with Gasteiger partial charge in [0.25, 0.3) is 0 Å². The third-order valence-corrected chi connectivity index (χ3v) is 2.81. The molecule has 1 fully saturated rings. The first kappa shape index (κ1) is 9.24. The lowest BCUT2D eigenvalue weighted by Gasteiger charge is -2.09. The van der Waals surface area contributed by atoms with E-state index in [2.05, 4.69) is 29.1 Å². The highest BCUT2D eigenvalue weighted by Crippen LogP contribution is 2.46. The maximum atomic E-state index is 5.53. The van der Waals surface area contributed by atoms with Crippen LogP contribution in [0.4, 0.5) is 11.8 Å². The van der Waals surface area contributed by atoms with Gasteiger partial charge in [-0.25, -0.2) is 4.98 Å². The number of rotatable bonds is 2. The van der Waals surface area contributed by atoms with E-state index < -0.39 is 0 Å². The Bertz CT molecular complexity index is 359. The van der Waals surface area contributed by atoms with Crippen molar-refractivity contribution in [1.82, 2.24) is 9.97 Å². The molecule has 0 bridgehead atoms. The number of hydrogen-bond donors (Lipinski definition) is 2. The highest BCUT2D eigenvalue weighted by atomic mass is 15.1. The van der Waals surface area contributed by atoms with E-state index >= 15 is 0 Å². The Morgan fingerprint density at radius 1 is 1.57 bits per heavy atom. The number of hydrogen-bond acceptors (Lipinski definition) is 4. The maximum Gasteiger partial charge on any atom is 0.221 e. The minimum atomic E-state index is 0.330. The van der Waals surface area contributed by atoms with Crippen LogP contribution in [0.15, 0.2) is 6.20 Å². The van der Waals surface area contributed by atoms with Crippen LogP contribution in [0.5, 0.6) is 0 Å². The summed E-state index contributed by atoms with van der Waals surface area (Å²) in [6.07, 6.45) is 2.94. The van der Waals surface area contributed by atoms with E-state index in [1.165, 1.54) is 6.42 Å². The molecule has 4 nitrogen and oxygen atoms in total. The largest absolute Gasteiger partial charge is 0.368 e. The molecule has 0 radical (unpaired) electrons. The van der Waals surface area contributed by atoms with Crippen molar-refractivity contribution >= 4 is 11.8 Å². The van der Waals surface area contributed by atoms with Gasteiger partial charge in [-0.1, -0.05) is 13.8 Å². The van der Waals surface area contributed by atoms with Crippen molar-refractivity contribution < 1.29 is 0 Å². The number of aromatic nitrogens is 2. The summed E-state index contributed by atoms with van der Waals surface area (Å²) < 4.78 is 0. The Morgan fingerprint density at radius 2 is 2.21 bits per heavy atom. The van der Waals surface area contributed by atoms with Gasteiger partial charge in [-0.05, 0) is 18.8 Å². The minimum Gasteiger partial charge on any atom is -0.368 e. The summed E-state index contributed by atoms with van der Waals surface area (Å²) in [5, 5.41) is 3.38.